The summed E-state index contributed by atoms with van der Waals surface area (Å²) in [7, 11) is -2.98. The second-order valence-corrected chi connectivity index (χ2v) is 8.96. The lowest BCUT2D eigenvalue weighted by molar-refractivity contribution is -0.00158. The number of likely N-dealkylation sites (tertiary alicyclic amines) is 1. The van der Waals surface area contributed by atoms with Crippen molar-refractivity contribution in [1.29, 1.82) is 0 Å². The van der Waals surface area contributed by atoms with E-state index in [1.54, 1.807) is 12.4 Å². The van der Waals surface area contributed by atoms with Gasteiger partial charge in [-0.15, -0.1) is 0 Å². The van der Waals surface area contributed by atoms with Gasteiger partial charge in [-0.2, -0.15) is 0 Å². The molecule has 2 aliphatic heterocycles. The largest absolute Gasteiger partial charge is 0.373 e. The van der Waals surface area contributed by atoms with Crippen LogP contribution < -0.4 is 0 Å². The molecule has 2 aliphatic rings. The number of ether oxygens (including phenoxy) is 1. The van der Waals surface area contributed by atoms with Gasteiger partial charge in [0.1, 0.15) is 0 Å². The summed E-state index contributed by atoms with van der Waals surface area (Å²) in [6.45, 7) is 6.21. The van der Waals surface area contributed by atoms with Gasteiger partial charge in [0, 0.05) is 37.4 Å². The molecule has 6 heteroatoms. The van der Waals surface area contributed by atoms with E-state index in [1.165, 1.54) is 0 Å². The fourth-order valence-corrected chi connectivity index (χ4v) is 5.60. The molecule has 3 heterocycles. The van der Waals surface area contributed by atoms with E-state index < -0.39 is 9.84 Å². The molecule has 0 amide bonds. The molecule has 5 nitrogen and oxygen atoms in total. The third-order valence-corrected chi connectivity index (χ3v) is 7.11. The molecule has 22 heavy (non-hydrogen) atoms. The first kappa shape index (κ1) is 15.9. The van der Waals surface area contributed by atoms with Crippen LogP contribution in [0.25, 0.3) is 0 Å². The Labute approximate surface area is 132 Å². The minimum absolute atomic E-state index is 0.0254. The summed E-state index contributed by atoms with van der Waals surface area (Å²) in [5, 5.41) is -0.262. The molecule has 0 saturated carbocycles. The summed E-state index contributed by atoms with van der Waals surface area (Å²) in [5.74, 6) is 0.343. The predicted molar refractivity (Wildman–Crippen MR) is 85.2 cm³/mol. The quantitative estimate of drug-likeness (QED) is 0.840. The number of pyridine rings is 1. The molecule has 0 aliphatic carbocycles. The standard InChI is InChI=1S/C16H24N2O3S/c1-12(2)18-9-14-15(5-7-22(19,20)16(14)10-18)21-11-13-4-3-6-17-8-13/h3-4,6,8,12,14-16H,5,7,9-11H2,1-2H3/t14-,15-,16+/m1/s1. The molecule has 0 radical (unpaired) electrons. The van der Waals surface area contributed by atoms with Crippen LogP contribution in [0.15, 0.2) is 24.5 Å². The molecule has 1 aromatic rings. The van der Waals surface area contributed by atoms with E-state index in [1.807, 2.05) is 12.1 Å². The average molecular weight is 324 g/mol. The summed E-state index contributed by atoms with van der Waals surface area (Å²) in [6.07, 6.45) is 4.17. The maximum absolute atomic E-state index is 12.4. The molecule has 2 fully saturated rings. The fraction of sp³-hybridized carbons (Fsp3) is 0.688. The zero-order valence-electron chi connectivity index (χ0n) is 13.2. The summed E-state index contributed by atoms with van der Waals surface area (Å²) >= 11 is 0. The van der Waals surface area contributed by atoms with E-state index in [2.05, 4.69) is 23.7 Å². The van der Waals surface area contributed by atoms with Crippen molar-refractivity contribution in [3.05, 3.63) is 30.1 Å². The SMILES string of the molecule is CC(C)N1C[C@@H]2[C@H](OCc3cccnc3)CCS(=O)(=O)[C@H]2C1. The first-order chi connectivity index (χ1) is 10.5. The molecule has 0 bridgehead atoms. The van der Waals surface area contributed by atoms with Gasteiger partial charge in [-0.05, 0) is 31.9 Å². The Kier molecular flexibility index (Phi) is 4.52. The number of aromatic nitrogens is 1. The minimum atomic E-state index is -2.98. The van der Waals surface area contributed by atoms with Crippen molar-refractivity contribution in [3.63, 3.8) is 0 Å². The molecule has 1 aromatic heterocycles. The van der Waals surface area contributed by atoms with E-state index in [0.717, 1.165) is 12.1 Å². The van der Waals surface area contributed by atoms with E-state index >= 15 is 0 Å². The van der Waals surface area contributed by atoms with Gasteiger partial charge in [-0.25, -0.2) is 8.42 Å². The third-order valence-electron chi connectivity index (χ3n) is 4.88. The lowest BCUT2D eigenvalue weighted by Gasteiger charge is -2.32. The van der Waals surface area contributed by atoms with Gasteiger partial charge in [0.2, 0.25) is 0 Å². The molecule has 0 spiro atoms. The smallest absolute Gasteiger partial charge is 0.154 e. The topological polar surface area (TPSA) is 59.5 Å². The van der Waals surface area contributed by atoms with Crippen molar-refractivity contribution in [1.82, 2.24) is 9.88 Å². The van der Waals surface area contributed by atoms with Crippen LogP contribution in [0, 0.1) is 5.92 Å². The molecule has 0 N–H and O–H groups in total. The number of sulfone groups is 1. The van der Waals surface area contributed by atoms with E-state index in [0.29, 0.717) is 25.6 Å². The fourth-order valence-electron chi connectivity index (χ4n) is 3.53. The Bertz CT molecular complexity index is 603. The van der Waals surface area contributed by atoms with Gasteiger partial charge >= 0.3 is 0 Å². The summed E-state index contributed by atoms with van der Waals surface area (Å²) in [6, 6.07) is 4.25. The van der Waals surface area contributed by atoms with Gasteiger partial charge in [0.25, 0.3) is 0 Å². The zero-order valence-corrected chi connectivity index (χ0v) is 14.0. The van der Waals surface area contributed by atoms with Gasteiger partial charge in [-0.1, -0.05) is 6.07 Å². The van der Waals surface area contributed by atoms with Gasteiger partial charge in [0.05, 0.1) is 23.7 Å². The van der Waals surface area contributed by atoms with Crippen LogP contribution in [0.5, 0.6) is 0 Å². The van der Waals surface area contributed by atoms with Crippen LogP contribution in [0.4, 0.5) is 0 Å². The number of fused-ring (bicyclic) bond motifs is 1. The van der Waals surface area contributed by atoms with Gasteiger partial charge < -0.3 is 4.74 Å². The molecule has 3 rings (SSSR count). The van der Waals surface area contributed by atoms with Crippen molar-refractivity contribution in [3.8, 4) is 0 Å². The highest BCUT2D eigenvalue weighted by Gasteiger charge is 2.49. The molecule has 0 unspecified atom stereocenters. The van der Waals surface area contributed by atoms with E-state index in [9.17, 15) is 8.42 Å². The number of nitrogens with zero attached hydrogens (tertiary/aromatic N) is 2. The van der Waals surface area contributed by atoms with Crippen LogP contribution in [0.1, 0.15) is 25.8 Å². The normalized spacial score (nSPS) is 31.3. The highest BCUT2D eigenvalue weighted by atomic mass is 32.2. The minimum Gasteiger partial charge on any atom is -0.373 e. The van der Waals surface area contributed by atoms with Crippen LogP contribution in [-0.2, 0) is 21.2 Å². The van der Waals surface area contributed by atoms with Crippen LogP contribution >= 0.6 is 0 Å². The molecular weight excluding hydrogens is 300 g/mol. The van der Waals surface area contributed by atoms with Crippen LogP contribution in [-0.4, -0.2) is 54.5 Å². The van der Waals surface area contributed by atoms with Crippen molar-refractivity contribution in [2.24, 2.45) is 5.92 Å². The molecule has 122 valence electrons. The Balaban J connectivity index is 1.70. The average Bonchev–Trinajstić information content (AvgIpc) is 2.95. The Hall–Kier alpha value is -0.980. The highest BCUT2D eigenvalue weighted by molar-refractivity contribution is 7.92. The lowest BCUT2D eigenvalue weighted by Crippen LogP contribution is -2.44. The first-order valence-electron chi connectivity index (χ1n) is 7.93. The summed E-state index contributed by atoms with van der Waals surface area (Å²) < 4.78 is 30.8. The summed E-state index contributed by atoms with van der Waals surface area (Å²) in [5.41, 5.74) is 1.03. The van der Waals surface area contributed by atoms with Crippen LogP contribution in [0.2, 0.25) is 0 Å². The monoisotopic (exact) mass is 324 g/mol. The van der Waals surface area contributed by atoms with Crippen molar-refractivity contribution < 1.29 is 13.2 Å². The molecular formula is C16H24N2O3S. The number of rotatable bonds is 4. The Morgan fingerprint density at radius 1 is 1.41 bits per heavy atom. The van der Waals surface area contributed by atoms with Crippen molar-refractivity contribution in [2.75, 3.05) is 18.8 Å². The summed E-state index contributed by atoms with van der Waals surface area (Å²) in [4.78, 5) is 6.35. The maximum atomic E-state index is 12.4. The first-order valence-corrected chi connectivity index (χ1v) is 9.65. The maximum Gasteiger partial charge on any atom is 0.154 e. The van der Waals surface area contributed by atoms with Crippen LogP contribution in [0.3, 0.4) is 0 Å². The second kappa shape index (κ2) is 6.26. The van der Waals surface area contributed by atoms with E-state index in [-0.39, 0.29) is 23.0 Å². The predicted octanol–water partition coefficient (Wildman–Crippen LogP) is 1.49. The lowest BCUT2D eigenvalue weighted by atomic mass is 9.98. The third kappa shape index (κ3) is 3.19. The molecule has 3 atom stereocenters. The molecule has 2 saturated heterocycles. The van der Waals surface area contributed by atoms with E-state index in [4.69, 9.17) is 4.74 Å². The molecule has 0 aromatic carbocycles. The van der Waals surface area contributed by atoms with Gasteiger partial charge in [-0.3, -0.25) is 9.88 Å². The zero-order chi connectivity index (χ0) is 15.7. The van der Waals surface area contributed by atoms with Crippen molar-refractivity contribution >= 4 is 9.84 Å². The Morgan fingerprint density at radius 3 is 2.91 bits per heavy atom. The number of hydrogen-bond acceptors (Lipinski definition) is 5. The Morgan fingerprint density at radius 2 is 2.23 bits per heavy atom. The number of hydrogen-bond donors (Lipinski definition) is 0. The van der Waals surface area contributed by atoms with Crippen molar-refractivity contribution in [2.45, 2.75) is 44.3 Å². The highest BCUT2D eigenvalue weighted by Crippen LogP contribution is 2.35. The second-order valence-electron chi connectivity index (χ2n) is 6.62. The van der Waals surface area contributed by atoms with Gasteiger partial charge in [0.15, 0.2) is 9.84 Å².